The molecular formula is C32H36N4O6. The molecule has 0 aliphatic carbocycles. The molecule has 0 radical (unpaired) electrons. The Balaban J connectivity index is 1.60. The Morgan fingerprint density at radius 3 is 2.17 bits per heavy atom. The fourth-order valence-corrected chi connectivity index (χ4v) is 4.55. The summed E-state index contributed by atoms with van der Waals surface area (Å²) in [6.45, 7) is 3.49. The van der Waals surface area contributed by atoms with Crippen LogP contribution in [-0.2, 0) is 14.3 Å². The minimum absolute atomic E-state index is 0.204. The normalized spacial score (nSPS) is 11.6. The molecule has 4 rings (SSSR count). The number of methoxy groups -OCH3 is 4. The van der Waals surface area contributed by atoms with E-state index >= 15 is 0 Å². The fourth-order valence-electron chi connectivity index (χ4n) is 4.55. The topological polar surface area (TPSA) is 104 Å². The van der Waals surface area contributed by atoms with Gasteiger partial charge in [-0.3, -0.25) is 9.59 Å². The summed E-state index contributed by atoms with van der Waals surface area (Å²) < 4.78 is 23.3. The number of ether oxygens (including phenoxy) is 4. The monoisotopic (exact) mass is 572 g/mol. The summed E-state index contributed by atoms with van der Waals surface area (Å²) in [4.78, 5) is 28.6. The molecule has 1 N–H and O–H groups in total. The highest BCUT2D eigenvalue weighted by Gasteiger charge is 2.30. The molecule has 42 heavy (non-hydrogen) atoms. The molecule has 2 amide bonds. The Morgan fingerprint density at radius 2 is 1.57 bits per heavy atom. The molecule has 1 aromatic heterocycles. The van der Waals surface area contributed by atoms with E-state index in [0.29, 0.717) is 28.6 Å². The average molecular weight is 573 g/mol. The van der Waals surface area contributed by atoms with Gasteiger partial charge in [0.2, 0.25) is 5.91 Å². The van der Waals surface area contributed by atoms with E-state index in [1.165, 1.54) is 19.1 Å². The lowest BCUT2D eigenvalue weighted by molar-refractivity contribution is -0.146. The number of carbonyl (C=O) groups excluding carboxylic acids is 2. The van der Waals surface area contributed by atoms with Gasteiger partial charge in [0.25, 0.3) is 5.91 Å². The Kier molecular flexibility index (Phi) is 9.82. The van der Waals surface area contributed by atoms with E-state index < -0.39 is 12.0 Å². The fraction of sp³-hybridized carbons (Fsp3) is 0.281. The van der Waals surface area contributed by atoms with Crippen LogP contribution in [0.4, 0.5) is 5.82 Å². The Bertz CT molecular complexity index is 1500. The molecule has 1 heterocycles. The Labute approximate surface area is 245 Å². The number of nitrogens with zero attached hydrogens (tertiary/aromatic N) is 3. The summed E-state index contributed by atoms with van der Waals surface area (Å²) in [5, 5.41) is 7.59. The predicted octanol–water partition coefficient (Wildman–Crippen LogP) is 5.13. The van der Waals surface area contributed by atoms with E-state index in [9.17, 15) is 9.59 Å². The van der Waals surface area contributed by atoms with Gasteiger partial charge in [-0.05, 0) is 61.4 Å². The van der Waals surface area contributed by atoms with Gasteiger partial charge < -0.3 is 29.2 Å². The van der Waals surface area contributed by atoms with Gasteiger partial charge in [0.05, 0.1) is 27.0 Å². The van der Waals surface area contributed by atoms with Crippen molar-refractivity contribution in [2.45, 2.75) is 26.0 Å². The third kappa shape index (κ3) is 6.72. The highest BCUT2D eigenvalue weighted by molar-refractivity contribution is 5.97. The highest BCUT2D eigenvalue weighted by Crippen LogP contribution is 2.33. The van der Waals surface area contributed by atoms with Crippen LogP contribution in [0.25, 0.3) is 16.8 Å². The zero-order chi connectivity index (χ0) is 30.2. The van der Waals surface area contributed by atoms with Crippen LogP contribution in [-0.4, -0.2) is 67.5 Å². The third-order valence-corrected chi connectivity index (χ3v) is 6.78. The van der Waals surface area contributed by atoms with E-state index in [-0.39, 0.29) is 18.5 Å². The van der Waals surface area contributed by atoms with Crippen molar-refractivity contribution in [2.75, 3.05) is 40.3 Å². The predicted molar refractivity (Wildman–Crippen MR) is 160 cm³/mol. The third-order valence-electron chi connectivity index (χ3n) is 6.78. The molecule has 0 bridgehead atoms. The first-order chi connectivity index (χ1) is 20.3. The summed E-state index contributed by atoms with van der Waals surface area (Å²) in [5.41, 5.74) is 2.98. The highest BCUT2D eigenvalue weighted by atomic mass is 16.5. The van der Waals surface area contributed by atoms with Gasteiger partial charge in [-0.25, -0.2) is 4.68 Å². The summed E-state index contributed by atoms with van der Waals surface area (Å²) in [7, 11) is 6.12. The van der Waals surface area contributed by atoms with Crippen LogP contribution in [0.15, 0.2) is 79.0 Å². The van der Waals surface area contributed by atoms with Crippen molar-refractivity contribution in [3.05, 3.63) is 84.6 Å². The zero-order valence-corrected chi connectivity index (χ0v) is 24.7. The van der Waals surface area contributed by atoms with Crippen molar-refractivity contribution in [3.8, 4) is 34.1 Å². The molecule has 0 saturated carbocycles. The van der Waals surface area contributed by atoms with E-state index in [0.717, 1.165) is 16.8 Å². The van der Waals surface area contributed by atoms with Crippen LogP contribution < -0.4 is 19.5 Å². The number of hydrogen-bond donors (Lipinski definition) is 1. The molecule has 1 unspecified atom stereocenters. The van der Waals surface area contributed by atoms with Crippen LogP contribution in [0.5, 0.6) is 17.2 Å². The lowest BCUT2D eigenvalue weighted by Crippen LogP contribution is -2.45. The lowest BCUT2D eigenvalue weighted by atomic mass is 10.1. The summed E-state index contributed by atoms with van der Waals surface area (Å²) in [6, 6.07) is 22.0. The number of benzene rings is 3. The largest absolute Gasteiger partial charge is 0.497 e. The van der Waals surface area contributed by atoms with Gasteiger partial charge in [0.1, 0.15) is 12.3 Å². The number of aromatic nitrogens is 2. The van der Waals surface area contributed by atoms with Crippen LogP contribution in [0.2, 0.25) is 0 Å². The average Bonchev–Trinajstić information content (AvgIpc) is 3.43. The molecule has 10 heteroatoms. The van der Waals surface area contributed by atoms with Gasteiger partial charge in [-0.15, -0.1) is 5.10 Å². The van der Waals surface area contributed by atoms with Crippen molar-refractivity contribution in [3.63, 3.8) is 0 Å². The molecule has 0 aliphatic heterocycles. The quantitative estimate of drug-likeness (QED) is 0.251. The molecule has 0 fully saturated rings. The van der Waals surface area contributed by atoms with Crippen LogP contribution in [0.3, 0.4) is 0 Å². The molecule has 1 atom stereocenters. The van der Waals surface area contributed by atoms with Crippen LogP contribution >= 0.6 is 0 Å². The van der Waals surface area contributed by atoms with E-state index in [1.54, 1.807) is 37.1 Å². The summed E-state index contributed by atoms with van der Waals surface area (Å²) in [5.74, 6) is 1.33. The molecule has 220 valence electrons. The SMILES string of the molecule is COc1ccc(-c2cn(-c3ccccc3)nc2NC(=O)CN(C(=O)C(OC)c2ccc(OC)c(OC)c2)C(C)C)cc1. The maximum atomic E-state index is 13.7. The smallest absolute Gasteiger partial charge is 0.257 e. The number of anilines is 1. The first-order valence-corrected chi connectivity index (χ1v) is 13.4. The van der Waals surface area contributed by atoms with Crippen molar-refractivity contribution in [1.82, 2.24) is 14.7 Å². The zero-order valence-electron chi connectivity index (χ0n) is 24.7. The minimum Gasteiger partial charge on any atom is -0.497 e. The van der Waals surface area contributed by atoms with Crippen molar-refractivity contribution < 1.29 is 28.5 Å². The van der Waals surface area contributed by atoms with Gasteiger partial charge in [-0.2, -0.15) is 0 Å². The van der Waals surface area contributed by atoms with Gasteiger partial charge in [0.15, 0.2) is 23.4 Å². The lowest BCUT2D eigenvalue weighted by Gasteiger charge is -2.30. The molecule has 0 aliphatic rings. The number of carbonyl (C=O) groups is 2. The molecule has 0 saturated heterocycles. The maximum absolute atomic E-state index is 13.7. The minimum atomic E-state index is -0.952. The molecule has 3 aromatic carbocycles. The van der Waals surface area contributed by atoms with E-state index in [4.69, 9.17) is 18.9 Å². The molecule has 10 nitrogen and oxygen atoms in total. The van der Waals surface area contributed by atoms with Crippen LogP contribution in [0.1, 0.15) is 25.5 Å². The second-order valence-electron chi connectivity index (χ2n) is 9.74. The number of hydrogen-bond acceptors (Lipinski definition) is 7. The molecular weight excluding hydrogens is 536 g/mol. The second-order valence-corrected chi connectivity index (χ2v) is 9.74. The maximum Gasteiger partial charge on any atom is 0.257 e. The van der Waals surface area contributed by atoms with E-state index in [1.807, 2.05) is 74.6 Å². The first kappa shape index (κ1) is 30.1. The summed E-state index contributed by atoms with van der Waals surface area (Å²) >= 11 is 0. The number of rotatable bonds is 12. The Morgan fingerprint density at radius 1 is 0.881 bits per heavy atom. The summed E-state index contributed by atoms with van der Waals surface area (Å²) in [6.07, 6.45) is 0.906. The van der Waals surface area contributed by atoms with Crippen molar-refractivity contribution in [1.29, 1.82) is 0 Å². The van der Waals surface area contributed by atoms with Crippen molar-refractivity contribution in [2.24, 2.45) is 0 Å². The van der Waals surface area contributed by atoms with Gasteiger partial charge in [-0.1, -0.05) is 36.4 Å². The first-order valence-electron chi connectivity index (χ1n) is 13.4. The standard InChI is InChI=1S/C32H36N4O6/c1-21(2)35(32(38)30(42-6)23-14-17-27(40-4)28(18-23)41-5)20-29(37)33-31-26(22-12-15-25(39-3)16-13-22)19-36(34-31)24-10-8-7-9-11-24/h7-19,21,30H,20H2,1-6H3,(H,33,34,37). The number of para-hydroxylation sites is 1. The van der Waals surface area contributed by atoms with E-state index in [2.05, 4.69) is 10.4 Å². The molecule has 4 aromatic rings. The van der Waals surface area contributed by atoms with Gasteiger partial charge in [0, 0.05) is 24.9 Å². The molecule has 0 spiro atoms. The number of amides is 2. The van der Waals surface area contributed by atoms with Gasteiger partial charge >= 0.3 is 0 Å². The number of nitrogens with one attached hydrogen (secondary N) is 1. The Hall–Kier alpha value is -4.83. The second kappa shape index (κ2) is 13.7. The van der Waals surface area contributed by atoms with Crippen LogP contribution in [0, 0.1) is 0 Å². The van der Waals surface area contributed by atoms with Crippen molar-refractivity contribution >= 4 is 17.6 Å².